The highest BCUT2D eigenvalue weighted by Gasteiger charge is 2.25. The molecule has 2 amide bonds. The number of amides is 2. The van der Waals surface area contributed by atoms with Gasteiger partial charge in [-0.1, -0.05) is 32.0 Å². The van der Waals surface area contributed by atoms with Crippen LogP contribution in [0.1, 0.15) is 29.8 Å². The van der Waals surface area contributed by atoms with E-state index in [-0.39, 0.29) is 17.7 Å². The van der Waals surface area contributed by atoms with Crippen molar-refractivity contribution in [3.8, 4) is 11.5 Å². The van der Waals surface area contributed by atoms with Crippen LogP contribution in [0.2, 0.25) is 0 Å². The molecule has 2 aromatic rings. The van der Waals surface area contributed by atoms with Gasteiger partial charge in [-0.2, -0.15) is 0 Å². The van der Waals surface area contributed by atoms with Crippen LogP contribution in [0.15, 0.2) is 46.9 Å². The fraction of sp³-hybridized carbons (Fsp3) is 0.364. The molecule has 0 aliphatic carbocycles. The molecule has 0 saturated heterocycles. The van der Waals surface area contributed by atoms with Crippen LogP contribution < -0.4 is 20.1 Å². The third-order valence-corrected chi connectivity index (χ3v) is 5.21. The van der Waals surface area contributed by atoms with E-state index in [0.29, 0.717) is 34.5 Å². The molecule has 0 radical (unpaired) electrons. The van der Waals surface area contributed by atoms with Gasteiger partial charge in [0.15, 0.2) is 11.5 Å². The predicted molar refractivity (Wildman–Crippen MR) is 116 cm³/mol. The molecule has 0 aromatic heterocycles. The molecule has 156 valence electrons. The summed E-state index contributed by atoms with van der Waals surface area (Å²) in [6, 6.07) is 12.2. The number of halogens is 1. The van der Waals surface area contributed by atoms with Gasteiger partial charge in [-0.3, -0.25) is 9.59 Å². The van der Waals surface area contributed by atoms with Crippen LogP contribution in [0.25, 0.3) is 0 Å². The summed E-state index contributed by atoms with van der Waals surface area (Å²) in [7, 11) is 3.18. The molecule has 0 spiro atoms. The number of methoxy groups -OCH3 is 2. The standard InChI is InChI=1S/C22H27BrN2O4/c1-14(2)20(25-21(26)16-7-5-6-8-17(16)23)22(27)24-12-11-15-9-10-18(28-3)19(13-15)29-4/h5-10,13-14,20H,11-12H2,1-4H3,(H,24,27)(H,25,26)/t20-/m1/s1. The number of carbonyl (C=O) groups is 2. The summed E-state index contributed by atoms with van der Waals surface area (Å²) in [6.45, 7) is 4.25. The Kier molecular flexibility index (Phi) is 8.51. The van der Waals surface area contributed by atoms with E-state index in [2.05, 4.69) is 26.6 Å². The lowest BCUT2D eigenvalue weighted by molar-refractivity contribution is -0.123. The topological polar surface area (TPSA) is 76.7 Å². The number of carbonyl (C=O) groups excluding carboxylic acids is 2. The molecule has 2 N–H and O–H groups in total. The van der Waals surface area contributed by atoms with Crippen molar-refractivity contribution in [3.63, 3.8) is 0 Å². The Bertz CT molecular complexity index is 854. The zero-order chi connectivity index (χ0) is 21.4. The zero-order valence-electron chi connectivity index (χ0n) is 17.1. The highest BCUT2D eigenvalue weighted by molar-refractivity contribution is 9.10. The number of ether oxygens (including phenoxy) is 2. The molecule has 0 heterocycles. The SMILES string of the molecule is COc1ccc(CCNC(=O)[C@H](NC(=O)c2ccccc2Br)C(C)C)cc1OC. The van der Waals surface area contributed by atoms with Crippen molar-refractivity contribution in [2.24, 2.45) is 5.92 Å². The van der Waals surface area contributed by atoms with E-state index in [4.69, 9.17) is 9.47 Å². The van der Waals surface area contributed by atoms with E-state index in [1.807, 2.05) is 38.1 Å². The summed E-state index contributed by atoms with van der Waals surface area (Å²) >= 11 is 3.37. The van der Waals surface area contributed by atoms with E-state index < -0.39 is 6.04 Å². The van der Waals surface area contributed by atoms with Gasteiger partial charge in [-0.05, 0) is 58.1 Å². The summed E-state index contributed by atoms with van der Waals surface area (Å²) in [5, 5.41) is 5.75. The van der Waals surface area contributed by atoms with Crippen LogP contribution >= 0.6 is 15.9 Å². The van der Waals surface area contributed by atoms with Crippen LogP contribution in [-0.4, -0.2) is 38.6 Å². The Hall–Kier alpha value is -2.54. The third-order valence-electron chi connectivity index (χ3n) is 4.52. The number of nitrogens with one attached hydrogen (secondary N) is 2. The number of benzene rings is 2. The Morgan fingerprint density at radius 1 is 1.03 bits per heavy atom. The van der Waals surface area contributed by atoms with Crippen molar-refractivity contribution in [1.82, 2.24) is 10.6 Å². The minimum Gasteiger partial charge on any atom is -0.493 e. The number of hydrogen-bond acceptors (Lipinski definition) is 4. The Morgan fingerprint density at radius 3 is 2.34 bits per heavy atom. The minimum absolute atomic E-state index is 0.0532. The average molecular weight is 463 g/mol. The lowest BCUT2D eigenvalue weighted by Gasteiger charge is -2.22. The van der Waals surface area contributed by atoms with Gasteiger partial charge < -0.3 is 20.1 Å². The molecular formula is C22H27BrN2O4. The quantitative estimate of drug-likeness (QED) is 0.596. The highest BCUT2D eigenvalue weighted by Crippen LogP contribution is 2.27. The van der Waals surface area contributed by atoms with Crippen LogP contribution in [-0.2, 0) is 11.2 Å². The molecule has 0 fully saturated rings. The van der Waals surface area contributed by atoms with Crippen molar-refractivity contribution < 1.29 is 19.1 Å². The molecular weight excluding hydrogens is 436 g/mol. The monoisotopic (exact) mass is 462 g/mol. The fourth-order valence-corrected chi connectivity index (χ4v) is 3.34. The van der Waals surface area contributed by atoms with Gasteiger partial charge in [0.1, 0.15) is 6.04 Å². The third kappa shape index (κ3) is 6.22. The summed E-state index contributed by atoms with van der Waals surface area (Å²) in [5.41, 5.74) is 1.51. The smallest absolute Gasteiger partial charge is 0.253 e. The maximum absolute atomic E-state index is 12.7. The fourth-order valence-electron chi connectivity index (χ4n) is 2.88. The average Bonchev–Trinajstić information content (AvgIpc) is 2.71. The normalized spacial score (nSPS) is 11.7. The number of rotatable bonds is 9. The van der Waals surface area contributed by atoms with Gasteiger partial charge >= 0.3 is 0 Å². The Labute approximate surface area is 180 Å². The second kappa shape index (κ2) is 10.9. The predicted octanol–water partition coefficient (Wildman–Crippen LogP) is 3.58. The zero-order valence-corrected chi connectivity index (χ0v) is 18.7. The van der Waals surface area contributed by atoms with Gasteiger partial charge in [0.2, 0.25) is 5.91 Å². The molecule has 2 aromatic carbocycles. The van der Waals surface area contributed by atoms with E-state index in [1.54, 1.807) is 32.4 Å². The summed E-state index contributed by atoms with van der Waals surface area (Å²) in [4.78, 5) is 25.2. The summed E-state index contributed by atoms with van der Waals surface area (Å²) in [6.07, 6.45) is 0.634. The maximum Gasteiger partial charge on any atom is 0.253 e. The van der Waals surface area contributed by atoms with Gasteiger partial charge in [0.25, 0.3) is 5.91 Å². The highest BCUT2D eigenvalue weighted by atomic mass is 79.9. The molecule has 2 rings (SSSR count). The van der Waals surface area contributed by atoms with Crippen LogP contribution in [0.5, 0.6) is 11.5 Å². The summed E-state index contributed by atoms with van der Waals surface area (Å²) in [5.74, 6) is 0.765. The Balaban J connectivity index is 1.96. The molecule has 0 saturated carbocycles. The number of hydrogen-bond donors (Lipinski definition) is 2. The first-order valence-electron chi connectivity index (χ1n) is 9.41. The maximum atomic E-state index is 12.7. The minimum atomic E-state index is -0.625. The molecule has 0 aliphatic rings. The van der Waals surface area contributed by atoms with Gasteiger partial charge in [-0.15, -0.1) is 0 Å². The summed E-state index contributed by atoms with van der Waals surface area (Å²) < 4.78 is 11.2. The van der Waals surface area contributed by atoms with Crippen molar-refractivity contribution in [2.75, 3.05) is 20.8 Å². The van der Waals surface area contributed by atoms with E-state index in [9.17, 15) is 9.59 Å². The lowest BCUT2D eigenvalue weighted by Crippen LogP contribution is -2.50. The first kappa shape index (κ1) is 22.7. The van der Waals surface area contributed by atoms with Crippen molar-refractivity contribution in [1.29, 1.82) is 0 Å². The molecule has 6 nitrogen and oxygen atoms in total. The molecule has 29 heavy (non-hydrogen) atoms. The lowest BCUT2D eigenvalue weighted by atomic mass is 10.0. The van der Waals surface area contributed by atoms with Crippen LogP contribution in [0, 0.1) is 5.92 Å². The largest absolute Gasteiger partial charge is 0.493 e. The molecule has 7 heteroatoms. The molecule has 1 atom stereocenters. The van der Waals surface area contributed by atoms with E-state index in [0.717, 1.165) is 5.56 Å². The second-order valence-corrected chi connectivity index (χ2v) is 7.76. The first-order valence-corrected chi connectivity index (χ1v) is 10.2. The van der Waals surface area contributed by atoms with Crippen LogP contribution in [0.3, 0.4) is 0 Å². The van der Waals surface area contributed by atoms with E-state index in [1.165, 1.54) is 0 Å². The van der Waals surface area contributed by atoms with Gasteiger partial charge in [0.05, 0.1) is 19.8 Å². The molecule has 0 unspecified atom stereocenters. The van der Waals surface area contributed by atoms with E-state index >= 15 is 0 Å². The molecule has 0 aliphatic heterocycles. The van der Waals surface area contributed by atoms with Crippen molar-refractivity contribution in [2.45, 2.75) is 26.3 Å². The molecule has 0 bridgehead atoms. The van der Waals surface area contributed by atoms with Gasteiger partial charge in [0, 0.05) is 11.0 Å². The van der Waals surface area contributed by atoms with Gasteiger partial charge in [-0.25, -0.2) is 0 Å². The Morgan fingerprint density at radius 2 is 1.72 bits per heavy atom. The second-order valence-electron chi connectivity index (χ2n) is 6.91. The van der Waals surface area contributed by atoms with Crippen molar-refractivity contribution in [3.05, 3.63) is 58.1 Å². The van der Waals surface area contributed by atoms with Crippen LogP contribution in [0.4, 0.5) is 0 Å². The first-order chi connectivity index (χ1) is 13.9. The van der Waals surface area contributed by atoms with Crippen molar-refractivity contribution >= 4 is 27.7 Å².